The van der Waals surface area contributed by atoms with Crippen LogP contribution in [0.1, 0.15) is 97.3 Å². The van der Waals surface area contributed by atoms with E-state index in [9.17, 15) is 30.3 Å². The van der Waals surface area contributed by atoms with Crippen LogP contribution in [0.4, 0.5) is 0 Å². The zero-order chi connectivity index (χ0) is 29.6. The molecular formula is C31H55NO8. The molecule has 0 aliphatic carbocycles. The number of aliphatic hydroxyl groups is 5. The van der Waals surface area contributed by atoms with Crippen molar-refractivity contribution in [2.45, 2.75) is 140 Å². The van der Waals surface area contributed by atoms with E-state index in [0.717, 1.165) is 70.6 Å². The molecule has 1 fully saturated rings. The second-order valence-electron chi connectivity index (χ2n) is 10.5. The predicted octanol–water partition coefficient (Wildman–Crippen LogP) is 3.43. The van der Waals surface area contributed by atoms with Crippen LogP contribution in [0.3, 0.4) is 0 Å². The predicted molar refractivity (Wildman–Crippen MR) is 156 cm³/mol. The Labute approximate surface area is 241 Å². The van der Waals surface area contributed by atoms with Crippen molar-refractivity contribution in [1.29, 1.82) is 0 Å². The largest absolute Gasteiger partial charge is 0.394 e. The Morgan fingerprint density at radius 1 is 0.875 bits per heavy atom. The smallest absolute Gasteiger partial charge is 0.220 e. The van der Waals surface area contributed by atoms with E-state index in [1.807, 2.05) is 0 Å². The highest BCUT2D eigenvalue weighted by Crippen LogP contribution is 2.22. The number of carbonyl (C=O) groups excluding carboxylic acids is 1. The SMILES string of the molecule is CC/C=C\C/C=C\C/C=C\CCCCCC(=O)NC(COC1OC(CO)C(O)C(O)C1O)C(O)CCCCCC. The van der Waals surface area contributed by atoms with Crippen LogP contribution in [-0.4, -0.2) is 87.5 Å². The fraction of sp³-hybridized carbons (Fsp3) is 0.774. The third-order valence-electron chi connectivity index (χ3n) is 7.01. The van der Waals surface area contributed by atoms with Gasteiger partial charge in [-0.1, -0.05) is 82.4 Å². The Morgan fingerprint density at radius 3 is 2.23 bits per heavy atom. The van der Waals surface area contributed by atoms with Gasteiger partial charge in [0.1, 0.15) is 24.4 Å². The summed E-state index contributed by atoms with van der Waals surface area (Å²) in [5.41, 5.74) is 0. The van der Waals surface area contributed by atoms with Crippen molar-refractivity contribution in [1.82, 2.24) is 5.32 Å². The molecule has 7 unspecified atom stereocenters. The van der Waals surface area contributed by atoms with Gasteiger partial charge in [0.25, 0.3) is 0 Å². The van der Waals surface area contributed by atoms with Crippen molar-refractivity contribution in [3.63, 3.8) is 0 Å². The molecule has 6 N–H and O–H groups in total. The number of ether oxygens (including phenoxy) is 2. The van der Waals surface area contributed by atoms with Crippen LogP contribution in [0.15, 0.2) is 36.5 Å². The molecule has 0 saturated carbocycles. The second kappa shape index (κ2) is 23.0. The van der Waals surface area contributed by atoms with Gasteiger partial charge < -0.3 is 40.3 Å². The van der Waals surface area contributed by atoms with E-state index in [4.69, 9.17) is 9.47 Å². The van der Waals surface area contributed by atoms with Gasteiger partial charge in [-0.05, 0) is 44.9 Å². The van der Waals surface area contributed by atoms with Crippen molar-refractivity contribution in [3.8, 4) is 0 Å². The molecule has 1 aliphatic rings. The number of aliphatic hydroxyl groups excluding tert-OH is 5. The number of hydrogen-bond donors (Lipinski definition) is 6. The standard InChI is InChI=1S/C31H55NO8/c1-3-5-7-9-10-11-12-13-14-15-16-17-19-21-27(35)32-24(25(34)20-18-8-6-4-2)23-39-31-30(38)29(37)28(36)26(22-33)40-31/h5,7,10-11,13-14,24-26,28-31,33-34,36-38H,3-4,6,8-9,12,15-23H2,1-2H3,(H,32,35)/b7-5-,11-10-,14-13-. The van der Waals surface area contributed by atoms with Crippen molar-refractivity contribution in [3.05, 3.63) is 36.5 Å². The highest BCUT2D eigenvalue weighted by molar-refractivity contribution is 5.76. The van der Waals surface area contributed by atoms with E-state index in [2.05, 4.69) is 55.6 Å². The van der Waals surface area contributed by atoms with Crippen LogP contribution in [0.2, 0.25) is 0 Å². The molecule has 0 bridgehead atoms. The van der Waals surface area contributed by atoms with Crippen molar-refractivity contribution in [2.75, 3.05) is 13.2 Å². The van der Waals surface area contributed by atoms with Crippen LogP contribution >= 0.6 is 0 Å². The van der Waals surface area contributed by atoms with Crippen molar-refractivity contribution in [2.24, 2.45) is 0 Å². The quantitative estimate of drug-likeness (QED) is 0.0858. The molecule has 1 amide bonds. The number of allylic oxidation sites excluding steroid dienone is 6. The lowest BCUT2D eigenvalue weighted by molar-refractivity contribution is -0.302. The Balaban J connectivity index is 2.46. The molecule has 1 rings (SSSR count). The van der Waals surface area contributed by atoms with Crippen LogP contribution in [0.25, 0.3) is 0 Å². The number of hydrogen-bond acceptors (Lipinski definition) is 8. The topological polar surface area (TPSA) is 149 Å². The first-order valence-corrected chi connectivity index (χ1v) is 15.2. The van der Waals surface area contributed by atoms with E-state index in [1.54, 1.807) is 0 Å². The van der Waals surface area contributed by atoms with E-state index in [0.29, 0.717) is 12.8 Å². The maximum Gasteiger partial charge on any atom is 0.220 e. The Morgan fingerprint density at radius 2 is 1.55 bits per heavy atom. The summed E-state index contributed by atoms with van der Waals surface area (Å²) in [4.78, 5) is 12.7. The van der Waals surface area contributed by atoms with Gasteiger partial charge in [-0.25, -0.2) is 0 Å². The van der Waals surface area contributed by atoms with Crippen LogP contribution in [0.5, 0.6) is 0 Å². The number of nitrogens with one attached hydrogen (secondary N) is 1. The first-order valence-electron chi connectivity index (χ1n) is 15.2. The van der Waals surface area contributed by atoms with Gasteiger partial charge >= 0.3 is 0 Å². The summed E-state index contributed by atoms with van der Waals surface area (Å²) in [6.07, 6.45) is 16.5. The summed E-state index contributed by atoms with van der Waals surface area (Å²) < 4.78 is 11.0. The lowest BCUT2D eigenvalue weighted by Gasteiger charge is -2.40. The molecule has 9 heteroatoms. The molecule has 1 aliphatic heterocycles. The molecule has 0 aromatic carbocycles. The summed E-state index contributed by atoms with van der Waals surface area (Å²) >= 11 is 0. The van der Waals surface area contributed by atoms with Gasteiger partial charge in [0.05, 0.1) is 25.4 Å². The molecule has 0 spiro atoms. The van der Waals surface area contributed by atoms with Crippen LogP contribution in [0, 0.1) is 0 Å². The van der Waals surface area contributed by atoms with Gasteiger partial charge in [-0.15, -0.1) is 0 Å². The van der Waals surface area contributed by atoms with Crippen molar-refractivity contribution < 1.29 is 39.8 Å². The lowest BCUT2D eigenvalue weighted by Crippen LogP contribution is -2.60. The van der Waals surface area contributed by atoms with Gasteiger partial charge in [0, 0.05) is 6.42 Å². The molecule has 1 saturated heterocycles. The number of unbranched alkanes of at least 4 members (excludes halogenated alkanes) is 6. The average Bonchev–Trinajstić information content (AvgIpc) is 2.95. The Kier molecular flexibility index (Phi) is 21.0. The Bertz CT molecular complexity index is 726. The average molecular weight is 570 g/mol. The first-order chi connectivity index (χ1) is 19.3. The summed E-state index contributed by atoms with van der Waals surface area (Å²) in [5, 5.41) is 53.2. The molecular weight excluding hydrogens is 514 g/mol. The van der Waals surface area contributed by atoms with Gasteiger partial charge in [-0.2, -0.15) is 0 Å². The third-order valence-corrected chi connectivity index (χ3v) is 7.01. The van der Waals surface area contributed by atoms with E-state index >= 15 is 0 Å². The molecule has 1 heterocycles. The normalized spacial score (nSPS) is 25.2. The monoisotopic (exact) mass is 569 g/mol. The second-order valence-corrected chi connectivity index (χ2v) is 10.5. The zero-order valence-electron chi connectivity index (χ0n) is 24.6. The number of amides is 1. The minimum atomic E-state index is -1.55. The molecule has 9 nitrogen and oxygen atoms in total. The molecule has 7 atom stereocenters. The van der Waals surface area contributed by atoms with Gasteiger partial charge in [0.15, 0.2) is 6.29 Å². The lowest BCUT2D eigenvalue weighted by atomic mass is 9.99. The minimum absolute atomic E-state index is 0.155. The van der Waals surface area contributed by atoms with Crippen molar-refractivity contribution >= 4 is 5.91 Å². The van der Waals surface area contributed by atoms with Crippen LogP contribution in [-0.2, 0) is 14.3 Å². The molecule has 0 aromatic heterocycles. The zero-order valence-corrected chi connectivity index (χ0v) is 24.6. The van der Waals surface area contributed by atoms with E-state index in [1.165, 1.54) is 0 Å². The molecule has 232 valence electrons. The van der Waals surface area contributed by atoms with Gasteiger partial charge in [-0.3, -0.25) is 4.79 Å². The maximum atomic E-state index is 12.7. The number of rotatable bonds is 22. The summed E-state index contributed by atoms with van der Waals surface area (Å²) in [7, 11) is 0. The van der Waals surface area contributed by atoms with E-state index < -0.39 is 49.5 Å². The highest BCUT2D eigenvalue weighted by Gasteiger charge is 2.44. The molecule has 0 radical (unpaired) electrons. The summed E-state index contributed by atoms with van der Waals surface area (Å²) in [6, 6.07) is -0.727. The molecule has 40 heavy (non-hydrogen) atoms. The molecule has 0 aromatic rings. The Hall–Kier alpha value is -1.59. The highest BCUT2D eigenvalue weighted by atomic mass is 16.7. The fourth-order valence-electron chi connectivity index (χ4n) is 4.46. The summed E-state index contributed by atoms with van der Waals surface area (Å²) in [6.45, 7) is 3.52. The first kappa shape index (κ1) is 36.4. The third kappa shape index (κ3) is 15.4. The number of carbonyl (C=O) groups is 1. The summed E-state index contributed by atoms with van der Waals surface area (Å²) in [5.74, 6) is -0.187. The van der Waals surface area contributed by atoms with Crippen LogP contribution < -0.4 is 5.32 Å². The minimum Gasteiger partial charge on any atom is -0.394 e. The van der Waals surface area contributed by atoms with E-state index in [-0.39, 0.29) is 12.5 Å². The fourth-order valence-corrected chi connectivity index (χ4v) is 4.46. The maximum absolute atomic E-state index is 12.7. The van der Waals surface area contributed by atoms with Gasteiger partial charge in [0.2, 0.25) is 5.91 Å².